The van der Waals surface area contributed by atoms with E-state index in [4.69, 9.17) is 10.5 Å². The fourth-order valence-electron chi connectivity index (χ4n) is 1.33. The first-order valence-electron chi connectivity index (χ1n) is 5.11. The van der Waals surface area contributed by atoms with E-state index in [1.54, 1.807) is 7.11 Å². The highest BCUT2D eigenvalue weighted by Crippen LogP contribution is 2.18. The molecule has 0 radical (unpaired) electrons. The van der Waals surface area contributed by atoms with Crippen molar-refractivity contribution in [2.45, 2.75) is 31.9 Å². The van der Waals surface area contributed by atoms with Gasteiger partial charge in [0.1, 0.15) is 11.6 Å². The van der Waals surface area contributed by atoms with E-state index in [1.807, 2.05) is 13.8 Å². The van der Waals surface area contributed by atoms with E-state index >= 15 is 0 Å². The molecule has 0 aliphatic carbocycles. The van der Waals surface area contributed by atoms with Crippen molar-refractivity contribution < 1.29 is 13.5 Å². The molecular weight excluding hydrogens is 212 g/mol. The Kier molecular flexibility index (Phi) is 3.99. The smallest absolute Gasteiger partial charge is 0.126 e. The van der Waals surface area contributed by atoms with Gasteiger partial charge in [-0.25, -0.2) is 8.78 Å². The van der Waals surface area contributed by atoms with Crippen molar-refractivity contribution in [2.24, 2.45) is 5.73 Å². The minimum atomic E-state index is -0.571. The highest BCUT2D eigenvalue weighted by molar-refractivity contribution is 5.20. The van der Waals surface area contributed by atoms with Crippen molar-refractivity contribution >= 4 is 0 Å². The van der Waals surface area contributed by atoms with Crippen LogP contribution < -0.4 is 5.73 Å². The second-order valence-corrected chi connectivity index (χ2v) is 4.35. The average Bonchev–Trinajstić information content (AvgIpc) is 2.23. The molecule has 1 aromatic carbocycles. The quantitative estimate of drug-likeness (QED) is 0.859. The Morgan fingerprint density at radius 1 is 1.38 bits per heavy atom. The van der Waals surface area contributed by atoms with Crippen LogP contribution in [0.25, 0.3) is 0 Å². The number of nitrogens with two attached hydrogens (primary N) is 1. The largest absolute Gasteiger partial charge is 0.377 e. The average molecular weight is 229 g/mol. The Hall–Kier alpha value is -1.00. The van der Waals surface area contributed by atoms with Crippen molar-refractivity contribution in [3.05, 3.63) is 35.4 Å². The van der Waals surface area contributed by atoms with Crippen molar-refractivity contribution in [3.63, 3.8) is 0 Å². The predicted molar refractivity (Wildman–Crippen MR) is 59.1 cm³/mol. The number of methoxy groups -OCH3 is 1. The zero-order valence-electron chi connectivity index (χ0n) is 9.76. The fraction of sp³-hybridized carbons (Fsp3) is 0.500. The zero-order chi connectivity index (χ0) is 12.3. The lowest BCUT2D eigenvalue weighted by molar-refractivity contribution is 0.000620. The van der Waals surface area contributed by atoms with Crippen molar-refractivity contribution in [1.29, 1.82) is 0 Å². The molecule has 2 N–H and O–H groups in total. The molecule has 1 rings (SSSR count). The van der Waals surface area contributed by atoms with E-state index in [-0.39, 0.29) is 12.0 Å². The van der Waals surface area contributed by atoms with Gasteiger partial charge >= 0.3 is 0 Å². The molecule has 0 amide bonds. The van der Waals surface area contributed by atoms with E-state index in [9.17, 15) is 8.78 Å². The molecule has 0 saturated carbocycles. The van der Waals surface area contributed by atoms with Gasteiger partial charge in [0.05, 0.1) is 5.60 Å². The third kappa shape index (κ3) is 3.00. The summed E-state index contributed by atoms with van der Waals surface area (Å²) < 4.78 is 31.5. The summed E-state index contributed by atoms with van der Waals surface area (Å²) in [5.74, 6) is -0.900. The molecule has 0 aromatic heterocycles. The van der Waals surface area contributed by atoms with Gasteiger partial charge in [-0.05, 0) is 44.0 Å². The van der Waals surface area contributed by atoms with Crippen molar-refractivity contribution in [1.82, 2.24) is 0 Å². The maximum absolute atomic E-state index is 13.4. The van der Waals surface area contributed by atoms with Crippen LogP contribution in [0.2, 0.25) is 0 Å². The summed E-state index contributed by atoms with van der Waals surface area (Å²) >= 11 is 0. The predicted octanol–water partition coefficient (Wildman–Crippen LogP) is 2.26. The lowest BCUT2D eigenvalue weighted by atomic mass is 9.93. The molecule has 2 nitrogen and oxygen atoms in total. The molecule has 4 heteroatoms. The standard InChI is InChI=1S/C12H17F2NO/c1-12(2,16-3)11(15)7-8-6-9(13)4-5-10(8)14/h4-6,11H,7,15H2,1-3H3. The number of halogens is 2. The SMILES string of the molecule is COC(C)(C)C(N)Cc1cc(F)ccc1F. The lowest BCUT2D eigenvalue weighted by Crippen LogP contribution is -2.46. The van der Waals surface area contributed by atoms with Gasteiger partial charge in [-0.3, -0.25) is 0 Å². The summed E-state index contributed by atoms with van der Waals surface area (Å²) in [6.45, 7) is 3.63. The van der Waals surface area contributed by atoms with Crippen LogP contribution >= 0.6 is 0 Å². The first kappa shape index (κ1) is 13.1. The van der Waals surface area contributed by atoms with Gasteiger partial charge in [0.15, 0.2) is 0 Å². The molecule has 1 atom stereocenters. The minimum Gasteiger partial charge on any atom is -0.377 e. The van der Waals surface area contributed by atoms with Crippen LogP contribution in [0, 0.1) is 11.6 Å². The zero-order valence-corrected chi connectivity index (χ0v) is 9.76. The first-order chi connectivity index (χ1) is 7.36. The van der Waals surface area contributed by atoms with E-state index in [0.717, 1.165) is 12.1 Å². The van der Waals surface area contributed by atoms with Crippen LogP contribution in [0.1, 0.15) is 19.4 Å². The Bertz CT molecular complexity index is 366. The Morgan fingerprint density at radius 3 is 2.56 bits per heavy atom. The monoisotopic (exact) mass is 229 g/mol. The maximum Gasteiger partial charge on any atom is 0.126 e. The van der Waals surface area contributed by atoms with E-state index < -0.39 is 23.3 Å². The van der Waals surface area contributed by atoms with Crippen LogP contribution in [-0.4, -0.2) is 18.8 Å². The van der Waals surface area contributed by atoms with Crippen LogP contribution in [-0.2, 0) is 11.2 Å². The second-order valence-electron chi connectivity index (χ2n) is 4.35. The molecule has 0 heterocycles. The van der Waals surface area contributed by atoms with Gasteiger partial charge in [-0.2, -0.15) is 0 Å². The van der Waals surface area contributed by atoms with Gasteiger partial charge in [-0.1, -0.05) is 0 Å². The molecule has 1 unspecified atom stereocenters. The van der Waals surface area contributed by atoms with Crippen molar-refractivity contribution in [2.75, 3.05) is 7.11 Å². The highest BCUT2D eigenvalue weighted by Gasteiger charge is 2.26. The minimum absolute atomic E-state index is 0.241. The van der Waals surface area contributed by atoms with Gasteiger partial charge in [0.25, 0.3) is 0 Å². The third-order valence-electron chi connectivity index (χ3n) is 2.87. The maximum atomic E-state index is 13.4. The molecule has 0 aliphatic heterocycles. The Labute approximate surface area is 94.4 Å². The molecule has 0 saturated heterocycles. The summed E-state index contributed by atoms with van der Waals surface area (Å²) in [6.07, 6.45) is 0.241. The van der Waals surface area contributed by atoms with Crippen molar-refractivity contribution in [3.8, 4) is 0 Å². The number of hydrogen-bond acceptors (Lipinski definition) is 2. The molecule has 0 aliphatic rings. The first-order valence-corrected chi connectivity index (χ1v) is 5.11. The fourth-order valence-corrected chi connectivity index (χ4v) is 1.33. The molecule has 90 valence electrons. The Balaban J connectivity index is 2.84. The number of ether oxygens (including phenoxy) is 1. The summed E-state index contributed by atoms with van der Waals surface area (Å²) in [6, 6.07) is 2.97. The van der Waals surface area contributed by atoms with Crippen LogP contribution in [0.3, 0.4) is 0 Å². The van der Waals surface area contributed by atoms with Crippen LogP contribution in [0.15, 0.2) is 18.2 Å². The molecule has 0 spiro atoms. The van der Waals surface area contributed by atoms with E-state index in [0.29, 0.717) is 0 Å². The molecule has 16 heavy (non-hydrogen) atoms. The highest BCUT2D eigenvalue weighted by atomic mass is 19.1. The molecule has 0 bridgehead atoms. The summed E-state index contributed by atoms with van der Waals surface area (Å²) in [4.78, 5) is 0. The summed E-state index contributed by atoms with van der Waals surface area (Å²) in [5, 5.41) is 0. The third-order valence-corrected chi connectivity index (χ3v) is 2.87. The van der Waals surface area contributed by atoms with Gasteiger partial charge in [0.2, 0.25) is 0 Å². The molecular formula is C12H17F2NO. The van der Waals surface area contributed by atoms with E-state index in [1.165, 1.54) is 6.07 Å². The van der Waals surface area contributed by atoms with Gasteiger partial charge in [0, 0.05) is 13.2 Å². The Morgan fingerprint density at radius 2 is 2.00 bits per heavy atom. The number of hydrogen-bond donors (Lipinski definition) is 1. The van der Waals surface area contributed by atoms with Gasteiger partial charge in [-0.15, -0.1) is 0 Å². The number of benzene rings is 1. The van der Waals surface area contributed by atoms with E-state index in [2.05, 4.69) is 0 Å². The van der Waals surface area contributed by atoms with Crippen LogP contribution in [0.4, 0.5) is 8.78 Å². The summed E-state index contributed by atoms with van der Waals surface area (Å²) in [5.41, 5.74) is 5.60. The van der Waals surface area contributed by atoms with Crippen LogP contribution in [0.5, 0.6) is 0 Å². The lowest BCUT2D eigenvalue weighted by Gasteiger charge is -2.30. The topological polar surface area (TPSA) is 35.2 Å². The molecule has 0 fully saturated rings. The normalized spacial score (nSPS) is 13.9. The number of rotatable bonds is 4. The van der Waals surface area contributed by atoms with Gasteiger partial charge < -0.3 is 10.5 Å². The second kappa shape index (κ2) is 4.89. The molecule has 1 aromatic rings. The summed E-state index contributed by atoms with van der Waals surface area (Å²) in [7, 11) is 1.54.